The number of hydroxylamine groups is 2. The molecule has 1 unspecified atom stereocenters. The molecule has 1 fully saturated rings. The van der Waals surface area contributed by atoms with Gasteiger partial charge in [-0.2, -0.15) is 10.3 Å². The third-order valence-electron chi connectivity index (χ3n) is 6.70. The van der Waals surface area contributed by atoms with Crippen LogP contribution in [-0.4, -0.2) is 74.1 Å². The van der Waals surface area contributed by atoms with Crippen molar-refractivity contribution in [2.24, 2.45) is 0 Å². The molecule has 2 heterocycles. The first-order valence-electron chi connectivity index (χ1n) is 14.0. The Labute approximate surface area is 243 Å². The van der Waals surface area contributed by atoms with Crippen LogP contribution < -0.4 is 16.0 Å². The molecule has 2 aromatic carbocycles. The molecule has 0 aromatic heterocycles. The van der Waals surface area contributed by atoms with E-state index in [4.69, 9.17) is 14.9 Å². The molecule has 0 spiro atoms. The number of benzene rings is 2. The highest BCUT2D eigenvalue weighted by Crippen LogP contribution is 2.25. The quantitative estimate of drug-likeness (QED) is 0.303. The average molecular weight is 565 g/mol. The molecule has 1 saturated heterocycles. The van der Waals surface area contributed by atoms with Gasteiger partial charge in [0.2, 0.25) is 6.41 Å². The number of likely N-dealkylation sites (N-methyl/N-ethyl adjacent to an activating group) is 1. The predicted octanol–water partition coefficient (Wildman–Crippen LogP) is 3.54. The van der Waals surface area contributed by atoms with Crippen LogP contribution in [-0.2, 0) is 27.6 Å². The van der Waals surface area contributed by atoms with Crippen LogP contribution in [0, 0.1) is 11.3 Å². The summed E-state index contributed by atoms with van der Waals surface area (Å²) in [6.07, 6.45) is 7.60. The first-order chi connectivity index (χ1) is 19.9. The van der Waals surface area contributed by atoms with Gasteiger partial charge in [-0.3, -0.25) is 14.5 Å². The van der Waals surface area contributed by atoms with Crippen LogP contribution in [0.25, 0.3) is 0 Å². The summed E-state index contributed by atoms with van der Waals surface area (Å²) in [7, 11) is 3.53. The SMILES string of the molecule is CC(CCC=O)N1Cc2cc(O)ccc2CO1.CNC/C(=C\Nc1ccc(C#N)cc1)CN1CCCC1.CNC=O. The van der Waals surface area contributed by atoms with E-state index in [1.54, 1.807) is 19.2 Å². The Balaban J connectivity index is 0.000000256. The van der Waals surface area contributed by atoms with E-state index in [-0.39, 0.29) is 11.8 Å². The molecule has 41 heavy (non-hydrogen) atoms. The molecular weight excluding hydrogens is 520 g/mol. The summed E-state index contributed by atoms with van der Waals surface area (Å²) in [5.74, 6) is 0.283. The van der Waals surface area contributed by atoms with Crippen molar-refractivity contribution in [3.05, 3.63) is 70.9 Å². The molecule has 2 aromatic rings. The lowest BCUT2D eigenvalue weighted by Crippen LogP contribution is -2.35. The molecule has 10 heteroatoms. The second-order valence-electron chi connectivity index (χ2n) is 9.95. The molecule has 222 valence electrons. The van der Waals surface area contributed by atoms with Crippen molar-refractivity contribution >= 4 is 18.4 Å². The maximum atomic E-state index is 10.3. The number of fused-ring (bicyclic) bond motifs is 1. The van der Waals surface area contributed by atoms with Gasteiger partial charge in [0.25, 0.3) is 0 Å². The summed E-state index contributed by atoms with van der Waals surface area (Å²) in [5, 5.41) is 28.9. The van der Waals surface area contributed by atoms with Gasteiger partial charge in [0.1, 0.15) is 12.0 Å². The number of hydrogen-bond acceptors (Lipinski definition) is 9. The lowest BCUT2D eigenvalue weighted by Gasteiger charge is -2.32. The van der Waals surface area contributed by atoms with Gasteiger partial charge in [-0.25, -0.2) is 0 Å². The number of hydrogen-bond donors (Lipinski definition) is 4. The Morgan fingerprint density at radius 2 is 1.83 bits per heavy atom. The van der Waals surface area contributed by atoms with Crippen LogP contribution in [0.1, 0.15) is 49.3 Å². The smallest absolute Gasteiger partial charge is 0.206 e. The van der Waals surface area contributed by atoms with Crippen LogP contribution >= 0.6 is 0 Å². The summed E-state index contributed by atoms with van der Waals surface area (Å²) in [5.41, 5.74) is 5.25. The van der Waals surface area contributed by atoms with Crippen LogP contribution in [0.3, 0.4) is 0 Å². The minimum absolute atomic E-state index is 0.204. The summed E-state index contributed by atoms with van der Waals surface area (Å²) >= 11 is 0. The van der Waals surface area contributed by atoms with Gasteiger partial charge in [-0.05, 0) is 99.4 Å². The number of carbonyl (C=O) groups is 2. The Morgan fingerprint density at radius 3 is 2.44 bits per heavy atom. The highest BCUT2D eigenvalue weighted by atomic mass is 16.7. The fourth-order valence-electron chi connectivity index (χ4n) is 4.44. The average Bonchev–Trinajstić information content (AvgIpc) is 3.52. The molecule has 4 N–H and O–H groups in total. The molecule has 2 aliphatic heterocycles. The number of aldehydes is 1. The van der Waals surface area contributed by atoms with Crippen molar-refractivity contribution in [3.63, 3.8) is 0 Å². The van der Waals surface area contributed by atoms with Gasteiger partial charge in [0.15, 0.2) is 0 Å². The number of phenols is 1. The first-order valence-corrected chi connectivity index (χ1v) is 14.0. The van der Waals surface area contributed by atoms with Crippen LogP contribution in [0.5, 0.6) is 5.75 Å². The normalized spacial score (nSPS) is 15.6. The van der Waals surface area contributed by atoms with Crippen molar-refractivity contribution in [2.75, 3.05) is 45.6 Å². The van der Waals surface area contributed by atoms with Gasteiger partial charge in [0, 0.05) is 51.0 Å². The van der Waals surface area contributed by atoms with E-state index >= 15 is 0 Å². The number of rotatable bonds is 11. The van der Waals surface area contributed by atoms with E-state index < -0.39 is 0 Å². The lowest BCUT2D eigenvalue weighted by atomic mass is 10.1. The van der Waals surface area contributed by atoms with Gasteiger partial charge in [0.05, 0.1) is 18.2 Å². The third-order valence-corrected chi connectivity index (χ3v) is 6.70. The number of nitrogens with zero attached hydrogens (tertiary/aromatic N) is 3. The van der Waals surface area contributed by atoms with E-state index in [0.29, 0.717) is 31.5 Å². The zero-order chi connectivity index (χ0) is 29.9. The first kappa shape index (κ1) is 33.5. The highest BCUT2D eigenvalue weighted by Gasteiger charge is 2.21. The summed E-state index contributed by atoms with van der Waals surface area (Å²) in [6, 6.07) is 15.2. The molecule has 2 aliphatic rings. The standard InChI is InChI=1S/C16H22N4.C13H17NO3.C2H5NO/c1-18-11-15(13-20-8-2-3-9-20)12-19-16-6-4-14(10-17)5-7-16;1-10(3-2-6-15)14-8-12-7-13(16)5-4-11(12)9-17-14;1-3-2-4/h4-7,12,18-19H,2-3,8-9,11,13H2,1H3;4-7,10,16H,2-3,8-9H2,1H3;2H,1H3,(H,3,4)/b15-12+;;. The molecule has 0 saturated carbocycles. The monoisotopic (exact) mass is 564 g/mol. The number of phenolic OH excluding ortho intramolecular Hbond substituents is 1. The van der Waals surface area contributed by atoms with E-state index in [2.05, 4.69) is 33.1 Å². The number of carbonyl (C=O) groups excluding carboxylic acids is 2. The fraction of sp³-hybridized carbons (Fsp3) is 0.452. The van der Waals surface area contributed by atoms with Crippen molar-refractivity contribution < 1.29 is 19.5 Å². The summed E-state index contributed by atoms with van der Waals surface area (Å²) in [4.78, 5) is 27.5. The molecule has 4 rings (SSSR count). The minimum Gasteiger partial charge on any atom is -0.508 e. The molecule has 1 atom stereocenters. The lowest BCUT2D eigenvalue weighted by molar-refractivity contribution is -0.210. The van der Waals surface area contributed by atoms with Gasteiger partial charge in [-0.15, -0.1) is 0 Å². The van der Waals surface area contributed by atoms with Crippen molar-refractivity contribution in [3.8, 4) is 11.8 Å². The maximum absolute atomic E-state index is 10.3. The Hall–Kier alpha value is -3.75. The Kier molecular flexibility index (Phi) is 15.8. The minimum atomic E-state index is 0.204. The Morgan fingerprint density at radius 1 is 1.12 bits per heavy atom. The third kappa shape index (κ3) is 12.5. The molecule has 0 bridgehead atoms. The maximum Gasteiger partial charge on any atom is 0.206 e. The zero-order valence-corrected chi connectivity index (χ0v) is 24.4. The largest absolute Gasteiger partial charge is 0.508 e. The van der Waals surface area contributed by atoms with Gasteiger partial charge in [-0.1, -0.05) is 6.07 Å². The molecule has 10 nitrogen and oxygen atoms in total. The second kappa shape index (κ2) is 19.3. The molecule has 0 radical (unpaired) electrons. The fourth-order valence-corrected chi connectivity index (χ4v) is 4.44. The van der Waals surface area contributed by atoms with Gasteiger partial charge < -0.3 is 25.9 Å². The second-order valence-corrected chi connectivity index (χ2v) is 9.95. The molecule has 0 aliphatic carbocycles. The van der Waals surface area contributed by atoms with Crippen molar-refractivity contribution in [2.45, 2.75) is 51.8 Å². The number of aromatic hydroxyl groups is 1. The zero-order valence-electron chi connectivity index (χ0n) is 24.4. The molecule has 1 amide bonds. The van der Waals surface area contributed by atoms with Crippen LogP contribution in [0.15, 0.2) is 54.2 Å². The highest BCUT2D eigenvalue weighted by molar-refractivity contribution is 5.50. The number of nitriles is 1. The van der Waals surface area contributed by atoms with Gasteiger partial charge >= 0.3 is 0 Å². The van der Waals surface area contributed by atoms with Crippen LogP contribution in [0.4, 0.5) is 5.69 Å². The molecular formula is C31H44N6O4. The number of amides is 1. The summed E-state index contributed by atoms with van der Waals surface area (Å²) in [6.45, 7) is 7.54. The van der Waals surface area contributed by atoms with E-state index in [1.165, 1.54) is 31.5 Å². The van der Waals surface area contributed by atoms with E-state index in [0.717, 1.165) is 42.6 Å². The summed E-state index contributed by atoms with van der Waals surface area (Å²) < 4.78 is 0. The van der Waals surface area contributed by atoms with Crippen molar-refractivity contribution in [1.29, 1.82) is 5.26 Å². The van der Waals surface area contributed by atoms with E-state index in [1.807, 2.05) is 49.4 Å². The van der Waals surface area contributed by atoms with Crippen LogP contribution in [0.2, 0.25) is 0 Å². The number of nitrogens with one attached hydrogen (secondary N) is 3. The number of anilines is 1. The van der Waals surface area contributed by atoms with E-state index in [9.17, 15) is 9.90 Å². The topological polar surface area (TPSA) is 130 Å². The van der Waals surface area contributed by atoms with Crippen molar-refractivity contribution in [1.82, 2.24) is 20.6 Å². The number of likely N-dealkylation sites (tertiary alicyclic amines) is 1. The Bertz CT molecular complexity index is 1130. The predicted molar refractivity (Wildman–Crippen MR) is 161 cm³/mol.